The molecule has 0 saturated heterocycles. The van der Waals surface area contributed by atoms with Gasteiger partial charge in [0.2, 0.25) is 23.6 Å². The molecule has 278 valence electrons. The first-order chi connectivity index (χ1) is 21.4. The molecule has 3 rings (SSSR count). The zero-order chi connectivity index (χ0) is 33.1. The molecule has 0 unspecified atom stereocenters. The lowest BCUT2D eigenvalue weighted by Gasteiger charge is -2.25. The number of rotatable bonds is 11. The fraction of sp³-hybridized carbons (Fsp3) is 0.467. The van der Waals surface area contributed by atoms with Gasteiger partial charge in [0.15, 0.2) is 0 Å². The molecule has 2 aromatic rings. The number of nitrogens with two attached hydrogens (primary N) is 4. The second kappa shape index (κ2) is 23.3. The van der Waals surface area contributed by atoms with Gasteiger partial charge in [-0.05, 0) is 59.4 Å². The number of fused-ring (bicyclic) bond motifs is 5. The van der Waals surface area contributed by atoms with E-state index in [9.17, 15) is 34.5 Å². The van der Waals surface area contributed by atoms with Crippen LogP contribution in [0.25, 0.3) is 11.1 Å². The second-order valence-corrected chi connectivity index (χ2v) is 11.1. The van der Waals surface area contributed by atoms with Crippen molar-refractivity contribution in [3.63, 3.8) is 0 Å². The van der Waals surface area contributed by atoms with Crippen LogP contribution < -0.4 is 44.2 Å². The number of halogens is 4. The third-order valence-electron chi connectivity index (χ3n) is 7.51. The fourth-order valence-corrected chi connectivity index (χ4v) is 4.88. The van der Waals surface area contributed by atoms with Crippen LogP contribution in [0.1, 0.15) is 30.4 Å². The van der Waals surface area contributed by atoms with Crippen molar-refractivity contribution in [2.45, 2.75) is 62.4 Å². The van der Waals surface area contributed by atoms with Crippen molar-refractivity contribution in [1.29, 1.82) is 0 Å². The van der Waals surface area contributed by atoms with Crippen LogP contribution in [0.5, 0.6) is 11.5 Å². The van der Waals surface area contributed by atoms with Gasteiger partial charge in [-0.1, -0.05) is 12.1 Å². The van der Waals surface area contributed by atoms with Crippen molar-refractivity contribution in [2.75, 3.05) is 26.2 Å². The minimum absolute atomic E-state index is 0. The van der Waals surface area contributed by atoms with Crippen LogP contribution >= 0.6 is 49.6 Å². The Hall–Kier alpha value is -3.12. The summed E-state index contributed by atoms with van der Waals surface area (Å²) in [5.41, 5.74) is 25.0. The number of amides is 4. The average Bonchev–Trinajstić information content (AvgIpc) is 3.02. The van der Waals surface area contributed by atoms with E-state index in [0.717, 1.165) is 0 Å². The number of carbonyl (C=O) groups is 4. The fourth-order valence-electron chi connectivity index (χ4n) is 4.88. The number of aliphatic hydroxyl groups excluding tert-OH is 1. The van der Waals surface area contributed by atoms with E-state index in [0.29, 0.717) is 35.2 Å². The van der Waals surface area contributed by atoms with Gasteiger partial charge in [-0.3, -0.25) is 19.2 Å². The van der Waals surface area contributed by atoms with Crippen LogP contribution in [0.4, 0.5) is 0 Å². The lowest BCUT2D eigenvalue weighted by molar-refractivity contribution is -0.133. The Morgan fingerprint density at radius 1 is 0.857 bits per heavy atom. The third kappa shape index (κ3) is 14.3. The highest BCUT2D eigenvalue weighted by Crippen LogP contribution is 2.31. The van der Waals surface area contributed by atoms with Gasteiger partial charge in [-0.15, -0.1) is 49.6 Å². The SMILES string of the molecule is Cl.Cl.Cl.Cl.NCCNC(=O)[C@@H](N)CCCNC(=O)[C@@H]1Cc2cc(ccc2O)-c2ccc(O)c(c2)C[C@H](N)C(=O)N[C@@H](C[C@@H](O)CN)C(=O)N1. The van der Waals surface area contributed by atoms with Gasteiger partial charge in [-0.2, -0.15) is 0 Å². The highest BCUT2D eigenvalue weighted by molar-refractivity contribution is 5.93. The predicted octanol–water partition coefficient (Wildman–Crippen LogP) is -1.14. The monoisotopic (exact) mass is 772 g/mol. The first-order valence-corrected chi connectivity index (χ1v) is 14.8. The summed E-state index contributed by atoms with van der Waals surface area (Å²) < 4.78 is 0. The Kier molecular flexibility index (Phi) is 22.8. The number of aromatic hydroxyl groups is 2. The van der Waals surface area contributed by atoms with Crippen LogP contribution in [0, 0.1) is 0 Å². The zero-order valence-electron chi connectivity index (χ0n) is 26.6. The van der Waals surface area contributed by atoms with Crippen molar-refractivity contribution in [3.8, 4) is 22.6 Å². The lowest BCUT2D eigenvalue weighted by Crippen LogP contribution is -2.57. The molecule has 4 amide bonds. The number of phenols is 2. The third-order valence-corrected chi connectivity index (χ3v) is 7.51. The van der Waals surface area contributed by atoms with Crippen molar-refractivity contribution < 1.29 is 34.5 Å². The Bertz CT molecular complexity index is 1380. The van der Waals surface area contributed by atoms with E-state index in [1.54, 1.807) is 24.3 Å². The van der Waals surface area contributed by atoms with Gasteiger partial charge in [0.05, 0.1) is 18.2 Å². The summed E-state index contributed by atoms with van der Waals surface area (Å²) in [6.45, 7) is 0.510. The number of hydrogen-bond donors (Lipinski definition) is 11. The molecule has 19 heteroatoms. The predicted molar refractivity (Wildman–Crippen MR) is 195 cm³/mol. The van der Waals surface area contributed by atoms with Crippen LogP contribution in [-0.2, 0) is 32.0 Å². The summed E-state index contributed by atoms with van der Waals surface area (Å²) in [5.74, 6) is -2.64. The maximum atomic E-state index is 13.5. The molecule has 49 heavy (non-hydrogen) atoms. The molecule has 15 nitrogen and oxygen atoms in total. The van der Waals surface area contributed by atoms with Crippen molar-refractivity contribution >= 4 is 73.3 Å². The molecular weight excluding hydrogens is 726 g/mol. The molecule has 5 atom stereocenters. The summed E-state index contributed by atoms with van der Waals surface area (Å²) in [5, 5.41) is 41.9. The van der Waals surface area contributed by atoms with Gasteiger partial charge in [0, 0.05) is 45.4 Å². The maximum Gasteiger partial charge on any atom is 0.243 e. The zero-order valence-corrected chi connectivity index (χ0v) is 29.9. The minimum atomic E-state index is -1.31. The van der Waals surface area contributed by atoms with Crippen LogP contribution in [0.3, 0.4) is 0 Å². The molecule has 15 N–H and O–H groups in total. The summed E-state index contributed by atoms with van der Waals surface area (Å²) >= 11 is 0. The minimum Gasteiger partial charge on any atom is -0.508 e. The molecule has 1 aliphatic rings. The lowest BCUT2D eigenvalue weighted by atomic mass is 9.95. The van der Waals surface area contributed by atoms with Crippen LogP contribution in [-0.4, -0.2) is 95.4 Å². The Balaban J connectivity index is 0. The highest BCUT2D eigenvalue weighted by Gasteiger charge is 2.31. The number of hydrogen-bond acceptors (Lipinski definition) is 11. The first kappa shape index (κ1) is 48.0. The highest BCUT2D eigenvalue weighted by atomic mass is 35.5. The number of nitrogens with one attached hydrogen (secondary N) is 4. The number of aliphatic hydroxyl groups is 1. The van der Waals surface area contributed by atoms with Gasteiger partial charge in [-0.25, -0.2) is 0 Å². The molecule has 0 radical (unpaired) electrons. The molecule has 4 bridgehead atoms. The van der Waals surface area contributed by atoms with E-state index in [1.165, 1.54) is 12.1 Å². The smallest absolute Gasteiger partial charge is 0.243 e. The molecule has 1 heterocycles. The van der Waals surface area contributed by atoms with Gasteiger partial charge >= 0.3 is 0 Å². The Labute approximate surface area is 309 Å². The van der Waals surface area contributed by atoms with Gasteiger partial charge in [0.25, 0.3) is 0 Å². The van der Waals surface area contributed by atoms with E-state index >= 15 is 0 Å². The summed E-state index contributed by atoms with van der Waals surface area (Å²) in [6, 6.07) is 5.08. The maximum absolute atomic E-state index is 13.5. The summed E-state index contributed by atoms with van der Waals surface area (Å²) in [7, 11) is 0. The topological polar surface area (TPSA) is 281 Å². The molecule has 0 fully saturated rings. The largest absolute Gasteiger partial charge is 0.508 e. The van der Waals surface area contributed by atoms with Crippen molar-refractivity contribution in [1.82, 2.24) is 21.3 Å². The van der Waals surface area contributed by atoms with Crippen LogP contribution in [0.15, 0.2) is 36.4 Å². The normalized spacial score (nSPS) is 18.4. The Morgan fingerprint density at radius 2 is 1.43 bits per heavy atom. The van der Waals surface area contributed by atoms with E-state index in [2.05, 4.69) is 21.3 Å². The van der Waals surface area contributed by atoms with Crippen LogP contribution in [0.2, 0.25) is 0 Å². The number of phenolic OH excluding ortho intramolecular Hbond substituents is 2. The van der Waals surface area contributed by atoms with E-state index in [4.69, 9.17) is 22.9 Å². The standard InChI is InChI=1S/C30H44N8O7.4ClH/c31-7-9-36-27(42)21(33)2-1-8-35-29(44)23-13-19-11-17(4-6-26(19)41)16-3-5-25(40)18(10-16)12-22(34)28(43)37-24(30(45)38-23)14-20(39)15-32;;;;/h3-6,10-11,20-24,39-41H,1-2,7-9,12-15,31-34H2,(H,35,44)(H,36,42)(H,37,43)(H,38,45);4*1H/t20-,21+,22+,23+,24+;;;;/m1..../s1. The first-order valence-electron chi connectivity index (χ1n) is 14.8. The van der Waals surface area contributed by atoms with Gasteiger partial charge in [0.1, 0.15) is 23.6 Å². The Morgan fingerprint density at radius 3 is 1.98 bits per heavy atom. The van der Waals surface area contributed by atoms with Gasteiger partial charge < -0.3 is 59.5 Å². The van der Waals surface area contributed by atoms with E-state index in [-0.39, 0.29) is 112 Å². The summed E-state index contributed by atoms with van der Waals surface area (Å²) in [6.07, 6.45) is -0.986. The molecular formula is C30H48Cl4N8O7. The number of benzene rings is 2. The molecule has 0 aromatic heterocycles. The van der Waals surface area contributed by atoms with E-state index < -0.39 is 48.0 Å². The number of carbonyl (C=O) groups excluding carboxylic acids is 4. The van der Waals surface area contributed by atoms with E-state index in [1.807, 2.05) is 0 Å². The molecule has 0 aliphatic carbocycles. The summed E-state index contributed by atoms with van der Waals surface area (Å²) in [4.78, 5) is 52.0. The second-order valence-electron chi connectivity index (χ2n) is 11.1. The van der Waals surface area contributed by atoms with Crippen molar-refractivity contribution in [3.05, 3.63) is 47.5 Å². The average molecular weight is 775 g/mol. The molecule has 0 saturated carbocycles. The molecule has 1 aliphatic heterocycles. The quantitative estimate of drug-likeness (QED) is 0.121. The van der Waals surface area contributed by atoms with Crippen molar-refractivity contribution in [2.24, 2.45) is 22.9 Å². The molecule has 2 aromatic carbocycles. The molecule has 0 spiro atoms.